The monoisotopic (exact) mass is 1040 g/mol. The molecule has 6 heterocycles. The highest BCUT2D eigenvalue weighted by Gasteiger charge is 2.46. The number of carbonyl (C=O) groups is 1. The number of rotatable bonds is 5. The third kappa shape index (κ3) is 10.5. The van der Waals surface area contributed by atoms with Gasteiger partial charge in [-0.3, -0.25) is 8.80 Å². The van der Waals surface area contributed by atoms with Gasteiger partial charge in [-0.2, -0.15) is 0 Å². The Kier molecular flexibility index (Phi) is 14.9. The minimum atomic E-state index is -0.470. The number of aromatic nitrogens is 6. The number of nitrogens with zero attached hydrogens (tertiary/aromatic N) is 8. The van der Waals surface area contributed by atoms with Crippen molar-refractivity contribution < 1.29 is 9.53 Å². The molecule has 2 aromatic carbocycles. The number of ether oxygens (including phenoxy) is 1. The maximum absolute atomic E-state index is 12.3. The molecule has 0 radical (unpaired) electrons. The van der Waals surface area contributed by atoms with E-state index in [2.05, 4.69) is 50.4 Å². The van der Waals surface area contributed by atoms with Crippen LogP contribution in [0.25, 0.3) is 11.3 Å². The summed E-state index contributed by atoms with van der Waals surface area (Å²) < 4.78 is 10.5. The number of alkyl carbamates (subject to hydrolysis) is 1. The molecule has 0 unspecified atom stereocenters. The van der Waals surface area contributed by atoms with E-state index in [1.54, 1.807) is 30.5 Å². The van der Waals surface area contributed by atoms with Gasteiger partial charge in [0.15, 0.2) is 5.65 Å². The molecule has 352 valence electrons. The Morgan fingerprint density at radius 3 is 1.92 bits per heavy atom. The fraction of sp³-hybridized carbons (Fsp3) is 0.479. The van der Waals surface area contributed by atoms with Gasteiger partial charge in [-0.1, -0.05) is 77.4 Å². The van der Waals surface area contributed by atoms with Crippen molar-refractivity contribution in [2.75, 3.05) is 41.7 Å². The number of hydrogen-bond donors (Lipinski definition) is 3. The lowest BCUT2D eigenvalue weighted by Gasteiger charge is -2.43. The lowest BCUT2D eigenvalue weighted by Crippen LogP contribution is -2.51. The van der Waals surface area contributed by atoms with Crippen LogP contribution in [-0.4, -0.2) is 78.7 Å². The number of halogens is 5. The SMILES string of the molecule is CC(C)(C)OC(=O)N[C@@H]1CCCC12CCN(c1ncc(Br)c3nccn13)CC2.N[C@@H]1CCCC12CCN(c1ncc(Cc3cccc(Cl)c3Cl)c3nccn13)CC2.Nc1cccc(Cl)c1Cl. The highest BCUT2D eigenvalue weighted by Crippen LogP contribution is 2.48. The van der Waals surface area contributed by atoms with Gasteiger partial charge in [0, 0.05) is 87.4 Å². The second-order valence-electron chi connectivity index (χ2n) is 19.1. The third-order valence-electron chi connectivity index (χ3n) is 13.9. The predicted molar refractivity (Wildman–Crippen MR) is 270 cm³/mol. The first-order chi connectivity index (χ1) is 31.6. The van der Waals surface area contributed by atoms with Crippen molar-refractivity contribution in [3.63, 3.8) is 0 Å². The lowest BCUT2D eigenvalue weighted by molar-refractivity contribution is 0.0442. The Hall–Kier alpha value is -4.05. The summed E-state index contributed by atoms with van der Waals surface area (Å²) in [4.78, 5) is 35.5. The van der Waals surface area contributed by atoms with E-state index in [1.807, 2.05) is 68.3 Å². The van der Waals surface area contributed by atoms with Crippen LogP contribution in [0.1, 0.15) is 96.1 Å². The summed E-state index contributed by atoms with van der Waals surface area (Å²) >= 11 is 27.3. The smallest absolute Gasteiger partial charge is 0.407 e. The van der Waals surface area contributed by atoms with Crippen molar-refractivity contribution in [2.45, 2.75) is 109 Å². The van der Waals surface area contributed by atoms with Gasteiger partial charge in [0.2, 0.25) is 11.9 Å². The van der Waals surface area contributed by atoms with Gasteiger partial charge in [0.1, 0.15) is 11.2 Å². The fourth-order valence-corrected chi connectivity index (χ4v) is 11.4. The Morgan fingerprint density at radius 2 is 1.32 bits per heavy atom. The van der Waals surface area contributed by atoms with Gasteiger partial charge in [0.05, 0.1) is 30.3 Å². The minimum Gasteiger partial charge on any atom is -0.444 e. The van der Waals surface area contributed by atoms with Crippen molar-refractivity contribution in [1.29, 1.82) is 0 Å². The highest BCUT2D eigenvalue weighted by atomic mass is 79.9. The van der Waals surface area contributed by atoms with Gasteiger partial charge in [-0.05, 0) is 123 Å². The van der Waals surface area contributed by atoms with Crippen molar-refractivity contribution >= 4 is 97.3 Å². The number of amides is 1. The molecule has 2 aliphatic carbocycles. The van der Waals surface area contributed by atoms with E-state index in [-0.39, 0.29) is 17.6 Å². The first-order valence-electron chi connectivity index (χ1n) is 22.7. The fourth-order valence-electron chi connectivity index (χ4n) is 10.3. The number of nitrogens with one attached hydrogen (secondary N) is 1. The van der Waals surface area contributed by atoms with Crippen LogP contribution in [0.5, 0.6) is 0 Å². The first kappa shape index (κ1) is 48.4. The zero-order valence-corrected chi connectivity index (χ0v) is 42.2. The Bertz CT molecular complexity index is 2630. The molecule has 6 aromatic rings. The Labute approximate surface area is 415 Å². The molecule has 2 saturated heterocycles. The van der Waals surface area contributed by atoms with Crippen LogP contribution in [0.15, 0.2) is 78.1 Å². The molecule has 13 nitrogen and oxygen atoms in total. The Morgan fingerprint density at radius 1 is 0.758 bits per heavy atom. The molecule has 4 fully saturated rings. The van der Waals surface area contributed by atoms with Crippen LogP contribution in [0.4, 0.5) is 22.4 Å². The van der Waals surface area contributed by atoms with E-state index in [4.69, 9.17) is 67.6 Å². The molecule has 10 rings (SSSR count). The molecule has 1 amide bonds. The molecule has 2 atom stereocenters. The van der Waals surface area contributed by atoms with E-state index in [0.29, 0.717) is 43.7 Å². The Balaban J connectivity index is 0.000000151. The molecule has 2 saturated carbocycles. The van der Waals surface area contributed by atoms with Gasteiger partial charge in [-0.15, -0.1) is 0 Å². The van der Waals surface area contributed by atoms with Crippen LogP contribution in [0.2, 0.25) is 20.1 Å². The number of piperidine rings is 2. The molecule has 5 N–H and O–H groups in total. The largest absolute Gasteiger partial charge is 0.444 e. The van der Waals surface area contributed by atoms with E-state index in [0.717, 1.165) is 110 Å². The van der Waals surface area contributed by atoms with Crippen molar-refractivity contribution in [3.8, 4) is 0 Å². The minimum absolute atomic E-state index is 0.164. The maximum Gasteiger partial charge on any atom is 0.407 e. The van der Waals surface area contributed by atoms with Crippen molar-refractivity contribution in [3.05, 3.63) is 109 Å². The lowest BCUT2D eigenvalue weighted by atomic mass is 9.74. The summed E-state index contributed by atoms with van der Waals surface area (Å²) in [5, 5.41) is 5.26. The molecule has 2 spiro atoms. The molecule has 2 aliphatic heterocycles. The van der Waals surface area contributed by atoms with Gasteiger partial charge in [-0.25, -0.2) is 24.7 Å². The molecular weight excluding hydrogens is 984 g/mol. The number of imidazole rings is 2. The normalized spacial score (nSPS) is 20.0. The summed E-state index contributed by atoms with van der Waals surface area (Å²) in [6.07, 6.45) is 23.1. The second kappa shape index (κ2) is 20.3. The molecule has 18 heteroatoms. The summed E-state index contributed by atoms with van der Waals surface area (Å²) in [5.74, 6) is 1.89. The summed E-state index contributed by atoms with van der Waals surface area (Å²) in [6, 6.07) is 11.4. The second-order valence-corrected chi connectivity index (χ2v) is 21.5. The molecule has 4 aromatic heterocycles. The average molecular weight is 1040 g/mol. The summed E-state index contributed by atoms with van der Waals surface area (Å²) in [7, 11) is 0. The molecule has 0 bridgehead atoms. The summed E-state index contributed by atoms with van der Waals surface area (Å²) in [6.45, 7) is 9.54. The van der Waals surface area contributed by atoms with E-state index >= 15 is 0 Å². The predicted octanol–water partition coefficient (Wildman–Crippen LogP) is 11.5. The van der Waals surface area contributed by atoms with Crippen LogP contribution in [-0.2, 0) is 11.2 Å². The quantitative estimate of drug-likeness (QED) is 0.142. The molecular formula is C48H58BrCl4N11O2. The number of hydrogen-bond acceptors (Lipinski definition) is 10. The average Bonchev–Trinajstić information content (AvgIpc) is 4.12. The maximum atomic E-state index is 12.3. The third-order valence-corrected chi connectivity index (χ3v) is 16.1. The molecule has 66 heavy (non-hydrogen) atoms. The van der Waals surface area contributed by atoms with Crippen molar-refractivity contribution in [2.24, 2.45) is 16.6 Å². The van der Waals surface area contributed by atoms with Crippen LogP contribution in [0, 0.1) is 10.8 Å². The highest BCUT2D eigenvalue weighted by molar-refractivity contribution is 9.10. The van der Waals surface area contributed by atoms with Crippen molar-refractivity contribution in [1.82, 2.24) is 34.1 Å². The number of nitrogen functional groups attached to an aromatic ring is 1. The number of carbonyl (C=O) groups excluding carboxylic acids is 1. The zero-order chi connectivity index (χ0) is 46.8. The van der Waals surface area contributed by atoms with Crippen LogP contribution >= 0.6 is 62.3 Å². The van der Waals surface area contributed by atoms with Gasteiger partial charge in [0.25, 0.3) is 0 Å². The van der Waals surface area contributed by atoms with Gasteiger partial charge >= 0.3 is 6.09 Å². The molecule has 4 aliphatic rings. The topological polar surface area (TPSA) is 157 Å². The van der Waals surface area contributed by atoms with Crippen LogP contribution < -0.4 is 26.6 Å². The zero-order valence-electron chi connectivity index (χ0n) is 37.6. The van der Waals surface area contributed by atoms with E-state index < -0.39 is 5.60 Å². The standard InChI is InChI=1S/C22H25Cl2N5.C20H28BrN5O2.C6H5Cl2N/c23-17-4-1-3-15(19(17)24)13-16-14-27-21(29-12-9-26-20(16)29)28-10-7-22(8-11-28)6-2-5-18(22)25;1-19(2,3)28-18(27)24-15-5-4-6-20(15)7-10-25(11-8-20)17-23-13-14(21)16-22-9-12-26(16)17;7-4-2-1-3-5(9)6(4)8/h1,3-4,9,12,14,18H,2,5-8,10-11,13,25H2;9,12-13,15H,4-8,10-11H2,1-3H3,(H,24,27);1-3H,9H2/t18-;15-;/m11./s1. The number of anilines is 3. The van der Waals surface area contributed by atoms with E-state index in [1.165, 1.54) is 19.3 Å². The van der Waals surface area contributed by atoms with Crippen LogP contribution in [0.3, 0.4) is 0 Å². The van der Waals surface area contributed by atoms with E-state index in [9.17, 15) is 4.79 Å². The summed E-state index contributed by atoms with van der Waals surface area (Å²) in [5.41, 5.74) is 16.2. The van der Waals surface area contributed by atoms with Gasteiger partial charge < -0.3 is 31.3 Å². The number of benzene rings is 2. The first-order valence-corrected chi connectivity index (χ1v) is 25.0. The number of fused-ring (bicyclic) bond motifs is 2. The number of nitrogens with two attached hydrogens (primary N) is 2.